The summed E-state index contributed by atoms with van der Waals surface area (Å²) in [7, 11) is 0. The molecular weight excluding hydrogens is 358 g/mol. The Morgan fingerprint density at radius 3 is 2.73 bits per heavy atom. The molecule has 0 fully saturated rings. The molecule has 26 heavy (non-hydrogen) atoms. The number of rotatable bonds is 6. The van der Waals surface area contributed by atoms with Crippen LogP contribution in [0.3, 0.4) is 0 Å². The molecule has 2 aromatic rings. The van der Waals surface area contributed by atoms with Crippen molar-refractivity contribution in [3.05, 3.63) is 58.6 Å². The molecule has 136 valence electrons. The fourth-order valence-corrected chi connectivity index (χ4v) is 2.96. The van der Waals surface area contributed by atoms with Gasteiger partial charge < -0.3 is 19.5 Å². The van der Waals surface area contributed by atoms with Gasteiger partial charge in [-0.15, -0.1) is 0 Å². The highest BCUT2D eigenvalue weighted by Crippen LogP contribution is 2.39. The first kappa shape index (κ1) is 18.1. The van der Waals surface area contributed by atoms with Crippen molar-refractivity contribution in [1.29, 1.82) is 0 Å². The molecular formula is C19H18ClNO5. The van der Waals surface area contributed by atoms with E-state index in [0.29, 0.717) is 22.1 Å². The van der Waals surface area contributed by atoms with Crippen molar-refractivity contribution >= 4 is 23.5 Å². The van der Waals surface area contributed by atoms with E-state index in [1.807, 2.05) is 30.3 Å². The van der Waals surface area contributed by atoms with E-state index < -0.39 is 12.0 Å². The molecule has 2 aromatic carbocycles. The Balaban J connectivity index is 1.62. The number of ether oxygens (including phenoxy) is 3. The number of halogens is 1. The van der Waals surface area contributed by atoms with Crippen molar-refractivity contribution in [3.63, 3.8) is 0 Å². The molecule has 0 radical (unpaired) electrons. The first-order valence-electron chi connectivity index (χ1n) is 8.08. The highest BCUT2D eigenvalue weighted by molar-refractivity contribution is 6.32. The molecule has 0 spiro atoms. The Kier molecular flexibility index (Phi) is 5.63. The molecule has 0 aromatic heterocycles. The fourth-order valence-electron chi connectivity index (χ4n) is 2.68. The molecule has 1 aliphatic rings. The summed E-state index contributed by atoms with van der Waals surface area (Å²) >= 11 is 6.12. The Morgan fingerprint density at radius 2 is 2.00 bits per heavy atom. The zero-order chi connectivity index (χ0) is 18.5. The number of carbonyl (C=O) groups excluding carboxylic acids is 2. The van der Waals surface area contributed by atoms with Crippen LogP contribution in [0.15, 0.2) is 42.5 Å². The monoisotopic (exact) mass is 375 g/mol. The van der Waals surface area contributed by atoms with Gasteiger partial charge in [-0.25, -0.2) is 0 Å². The topological polar surface area (TPSA) is 73.9 Å². The molecule has 1 aliphatic heterocycles. The Morgan fingerprint density at radius 1 is 1.23 bits per heavy atom. The van der Waals surface area contributed by atoms with Crippen LogP contribution in [0, 0.1) is 0 Å². The van der Waals surface area contributed by atoms with Gasteiger partial charge in [0.15, 0.2) is 11.5 Å². The summed E-state index contributed by atoms with van der Waals surface area (Å²) in [5.41, 5.74) is 1.54. The lowest BCUT2D eigenvalue weighted by Crippen LogP contribution is -2.28. The number of carbonyl (C=O) groups is 2. The number of hydrogen-bond acceptors (Lipinski definition) is 5. The summed E-state index contributed by atoms with van der Waals surface area (Å²) in [6.45, 7) is 1.58. The van der Waals surface area contributed by atoms with Crippen molar-refractivity contribution < 1.29 is 23.8 Å². The molecule has 6 nitrogen and oxygen atoms in total. The second-order valence-corrected chi connectivity index (χ2v) is 6.25. The van der Waals surface area contributed by atoms with Crippen LogP contribution >= 0.6 is 11.6 Å². The predicted octanol–water partition coefficient (Wildman–Crippen LogP) is 3.38. The van der Waals surface area contributed by atoms with Crippen LogP contribution in [-0.2, 0) is 20.9 Å². The zero-order valence-corrected chi connectivity index (χ0v) is 14.9. The van der Waals surface area contributed by atoms with Crippen LogP contribution < -0.4 is 14.8 Å². The van der Waals surface area contributed by atoms with E-state index >= 15 is 0 Å². The normalized spacial score (nSPS) is 13.2. The standard InChI is InChI=1S/C19H18ClNO5/c1-12(22)21-16(14-5-3-2-4-6-14)9-18(23)24-10-13-7-15(20)19-17(8-13)25-11-26-19/h2-8,16H,9-11H2,1H3,(H,21,22)/t16-/m0/s1. The maximum absolute atomic E-state index is 12.2. The first-order valence-corrected chi connectivity index (χ1v) is 8.46. The quantitative estimate of drug-likeness (QED) is 0.783. The van der Waals surface area contributed by atoms with Crippen molar-refractivity contribution in [1.82, 2.24) is 5.32 Å². The second-order valence-electron chi connectivity index (χ2n) is 5.84. The van der Waals surface area contributed by atoms with Gasteiger partial charge in [0, 0.05) is 6.92 Å². The number of fused-ring (bicyclic) bond motifs is 1. The van der Waals surface area contributed by atoms with Gasteiger partial charge >= 0.3 is 5.97 Å². The van der Waals surface area contributed by atoms with Gasteiger partial charge in [0.2, 0.25) is 12.7 Å². The molecule has 1 atom stereocenters. The minimum absolute atomic E-state index is 0.0296. The van der Waals surface area contributed by atoms with E-state index in [0.717, 1.165) is 5.56 Å². The number of nitrogens with one attached hydrogen (secondary N) is 1. The van der Waals surface area contributed by atoms with E-state index in [4.69, 9.17) is 25.8 Å². The maximum Gasteiger partial charge on any atom is 0.308 e. The lowest BCUT2D eigenvalue weighted by molar-refractivity contribution is -0.145. The Hall–Kier alpha value is -2.73. The second kappa shape index (κ2) is 8.10. The molecule has 0 aliphatic carbocycles. The van der Waals surface area contributed by atoms with Crippen LogP contribution in [0.25, 0.3) is 0 Å². The highest BCUT2D eigenvalue weighted by Gasteiger charge is 2.20. The Bertz CT molecular complexity index is 809. The molecule has 0 bridgehead atoms. The first-order chi connectivity index (χ1) is 12.5. The lowest BCUT2D eigenvalue weighted by atomic mass is 10.0. The van der Waals surface area contributed by atoms with Gasteiger partial charge in [0.1, 0.15) is 6.61 Å². The minimum atomic E-state index is -0.443. The molecule has 0 saturated carbocycles. The van der Waals surface area contributed by atoms with E-state index in [1.54, 1.807) is 12.1 Å². The highest BCUT2D eigenvalue weighted by atomic mass is 35.5. The van der Waals surface area contributed by atoms with Gasteiger partial charge in [-0.05, 0) is 23.3 Å². The van der Waals surface area contributed by atoms with Gasteiger partial charge in [0.05, 0.1) is 17.5 Å². The van der Waals surface area contributed by atoms with Crippen molar-refractivity contribution in [2.45, 2.75) is 26.0 Å². The third-order valence-corrected chi connectivity index (χ3v) is 4.12. The average Bonchev–Trinajstić information content (AvgIpc) is 3.09. The summed E-state index contributed by atoms with van der Waals surface area (Å²) in [4.78, 5) is 23.7. The van der Waals surface area contributed by atoms with Crippen molar-refractivity contribution in [2.24, 2.45) is 0 Å². The summed E-state index contributed by atoms with van der Waals surface area (Å²) in [5, 5.41) is 3.18. The van der Waals surface area contributed by atoms with Gasteiger partial charge in [0.25, 0.3) is 0 Å². The van der Waals surface area contributed by atoms with E-state index in [2.05, 4.69) is 5.32 Å². The molecule has 1 N–H and O–H groups in total. The minimum Gasteiger partial charge on any atom is -0.461 e. The summed E-state index contributed by atoms with van der Waals surface area (Å²) in [5.74, 6) is 0.385. The maximum atomic E-state index is 12.2. The molecule has 0 unspecified atom stereocenters. The molecule has 7 heteroatoms. The van der Waals surface area contributed by atoms with E-state index in [9.17, 15) is 9.59 Å². The molecule has 3 rings (SSSR count). The van der Waals surface area contributed by atoms with E-state index in [1.165, 1.54) is 6.92 Å². The molecule has 1 heterocycles. The average molecular weight is 376 g/mol. The summed E-state index contributed by atoms with van der Waals surface area (Å²) in [6.07, 6.45) is 0.0296. The van der Waals surface area contributed by atoms with Crippen LogP contribution in [-0.4, -0.2) is 18.7 Å². The van der Waals surface area contributed by atoms with Crippen LogP contribution in [0.4, 0.5) is 0 Å². The SMILES string of the molecule is CC(=O)N[C@@H](CC(=O)OCc1cc(Cl)c2c(c1)OCO2)c1ccccc1. The van der Waals surface area contributed by atoms with E-state index in [-0.39, 0.29) is 25.7 Å². The summed E-state index contributed by atoms with van der Waals surface area (Å²) < 4.78 is 15.9. The largest absolute Gasteiger partial charge is 0.461 e. The van der Waals surface area contributed by atoms with Crippen LogP contribution in [0.5, 0.6) is 11.5 Å². The third-order valence-electron chi connectivity index (χ3n) is 3.84. The van der Waals surface area contributed by atoms with Gasteiger partial charge in [-0.1, -0.05) is 41.9 Å². The molecule has 0 saturated heterocycles. The number of amides is 1. The third kappa shape index (κ3) is 4.46. The summed E-state index contributed by atoms with van der Waals surface area (Å²) in [6, 6.07) is 12.2. The van der Waals surface area contributed by atoms with Gasteiger partial charge in [-0.3, -0.25) is 9.59 Å². The zero-order valence-electron chi connectivity index (χ0n) is 14.2. The lowest BCUT2D eigenvalue weighted by Gasteiger charge is -2.17. The van der Waals surface area contributed by atoms with Crippen LogP contribution in [0.1, 0.15) is 30.5 Å². The fraction of sp³-hybridized carbons (Fsp3) is 0.263. The smallest absolute Gasteiger partial charge is 0.308 e. The Labute approximate surface area is 156 Å². The van der Waals surface area contributed by atoms with Crippen molar-refractivity contribution in [2.75, 3.05) is 6.79 Å². The predicted molar refractivity (Wildman–Crippen MR) is 95.0 cm³/mol. The number of hydrogen-bond donors (Lipinski definition) is 1. The number of esters is 1. The van der Waals surface area contributed by atoms with Crippen LogP contribution in [0.2, 0.25) is 5.02 Å². The van der Waals surface area contributed by atoms with Gasteiger partial charge in [-0.2, -0.15) is 0 Å². The van der Waals surface area contributed by atoms with Crippen molar-refractivity contribution in [3.8, 4) is 11.5 Å². The number of benzene rings is 2. The molecule has 1 amide bonds.